The quantitative estimate of drug-likeness (QED) is 0.231. The number of esters is 1. The summed E-state index contributed by atoms with van der Waals surface area (Å²) in [6.45, 7) is 7.52. The Hall–Kier alpha value is -2.33. The molecule has 216 valence electrons. The minimum atomic E-state index is -4.13. The van der Waals surface area contributed by atoms with E-state index in [2.05, 4.69) is 15.0 Å². The summed E-state index contributed by atoms with van der Waals surface area (Å²) in [7, 11) is -4.13. The van der Waals surface area contributed by atoms with E-state index in [4.69, 9.17) is 33.5 Å². The zero-order valence-corrected chi connectivity index (χ0v) is 23.9. The summed E-state index contributed by atoms with van der Waals surface area (Å²) in [5.74, 6) is -0.363. The minimum absolute atomic E-state index is 0.0616. The number of hydrogen-bond donors (Lipinski definition) is 2. The van der Waals surface area contributed by atoms with Crippen LogP contribution in [0.15, 0.2) is 6.33 Å². The summed E-state index contributed by atoms with van der Waals surface area (Å²) in [4.78, 5) is 37.1. The first-order valence-corrected chi connectivity index (χ1v) is 14.6. The molecule has 0 aliphatic carbocycles. The Morgan fingerprint density at radius 1 is 1.38 bits per heavy atom. The first-order chi connectivity index (χ1) is 18.3. The molecule has 2 fully saturated rings. The average molecular weight is 590 g/mol. The molecule has 39 heavy (non-hydrogen) atoms. The number of fused-ring (bicyclic) bond motifs is 2. The third-order valence-electron chi connectivity index (χ3n) is 6.15. The van der Waals surface area contributed by atoms with Gasteiger partial charge in [-0.15, -0.1) is 0 Å². The lowest BCUT2D eigenvalue weighted by Gasteiger charge is -2.37. The topological polar surface area (TPSA) is 196 Å². The van der Waals surface area contributed by atoms with Gasteiger partial charge in [-0.25, -0.2) is 9.55 Å². The summed E-state index contributed by atoms with van der Waals surface area (Å²) >= 11 is 0.935. The van der Waals surface area contributed by atoms with Gasteiger partial charge in [0.05, 0.1) is 38.2 Å². The molecule has 0 unspecified atom stereocenters. The fraction of sp³-hybridized carbons (Fsp3) is 0.682. The van der Waals surface area contributed by atoms with Crippen LogP contribution in [0.2, 0.25) is 0 Å². The smallest absolute Gasteiger partial charge is 0.475 e. The number of carbonyl (C=O) groups is 2. The third-order valence-corrected chi connectivity index (χ3v) is 8.79. The van der Waals surface area contributed by atoms with Gasteiger partial charge in [-0.3, -0.25) is 27.7 Å². The van der Waals surface area contributed by atoms with Crippen LogP contribution in [0.25, 0.3) is 11.2 Å². The number of thioether (sulfide) groups is 1. The molecule has 3 N–H and O–H groups in total. The molecular formula is C22H32N5O10PS. The largest absolute Gasteiger partial charge is 0.476 e. The van der Waals surface area contributed by atoms with Gasteiger partial charge in [0.1, 0.15) is 12.2 Å². The number of anilines is 1. The Kier molecular flexibility index (Phi) is 8.57. The number of aliphatic hydroxyl groups is 1. The maximum Gasteiger partial charge on any atom is 0.475 e. The molecule has 2 saturated heterocycles. The number of nitrogens with zero attached hydrogens (tertiary/aromatic N) is 4. The van der Waals surface area contributed by atoms with Gasteiger partial charge in [0, 0.05) is 12.7 Å². The Bertz CT molecular complexity index is 1290. The molecule has 17 heteroatoms. The lowest BCUT2D eigenvalue weighted by atomic mass is 9.96. The van der Waals surface area contributed by atoms with Crippen molar-refractivity contribution >= 4 is 47.8 Å². The van der Waals surface area contributed by atoms with Crippen LogP contribution in [-0.4, -0.2) is 85.7 Å². The van der Waals surface area contributed by atoms with Gasteiger partial charge in [-0.1, -0.05) is 11.8 Å². The van der Waals surface area contributed by atoms with Crippen molar-refractivity contribution in [3.8, 4) is 5.88 Å². The van der Waals surface area contributed by atoms with Crippen LogP contribution in [0.1, 0.15) is 40.8 Å². The number of imidazole rings is 1. The first kappa shape index (κ1) is 29.6. The standard InChI is InChI=1S/C22H32N5O10PS/c1-6-32-17-14-16(25-20(23)26-17)27(11-24-14)18-22(5,36-12(2)29)15-13(35-18)9-34-38(31,37-15)33-7-8-39-19(30)21(3,4)10-28/h11,13,15,18,28H,6-10H2,1-5H3,(H2,23,25,26)/t13-,15-,18-,22-,38-/m1/s1. The number of carbonyl (C=O) groups excluding carboxylic acids is 2. The highest BCUT2D eigenvalue weighted by Gasteiger charge is 2.63. The Labute approximate surface area is 228 Å². The summed E-state index contributed by atoms with van der Waals surface area (Å²) in [6, 6.07) is 0. The monoisotopic (exact) mass is 589 g/mol. The van der Waals surface area contributed by atoms with Crippen LogP contribution < -0.4 is 10.5 Å². The molecule has 0 bridgehead atoms. The molecule has 0 aromatic carbocycles. The second-order valence-electron chi connectivity index (χ2n) is 9.73. The molecule has 0 spiro atoms. The third kappa shape index (κ3) is 5.92. The number of phosphoric acid groups is 1. The van der Waals surface area contributed by atoms with E-state index in [0.29, 0.717) is 12.1 Å². The van der Waals surface area contributed by atoms with Crippen molar-refractivity contribution < 1.29 is 47.0 Å². The van der Waals surface area contributed by atoms with Crippen LogP contribution in [0.4, 0.5) is 5.95 Å². The Balaban J connectivity index is 1.56. The van der Waals surface area contributed by atoms with E-state index in [1.807, 2.05) is 0 Å². The van der Waals surface area contributed by atoms with Gasteiger partial charge in [0.25, 0.3) is 0 Å². The molecule has 2 aromatic heterocycles. The predicted molar refractivity (Wildman–Crippen MR) is 138 cm³/mol. The molecule has 15 nitrogen and oxygen atoms in total. The fourth-order valence-corrected chi connectivity index (χ4v) is 6.60. The van der Waals surface area contributed by atoms with Gasteiger partial charge >= 0.3 is 13.8 Å². The summed E-state index contributed by atoms with van der Waals surface area (Å²) in [5, 5.41) is 9.10. The zero-order chi connectivity index (χ0) is 28.6. The van der Waals surface area contributed by atoms with Gasteiger partial charge in [0.15, 0.2) is 28.1 Å². The van der Waals surface area contributed by atoms with Crippen molar-refractivity contribution in [2.24, 2.45) is 5.41 Å². The van der Waals surface area contributed by atoms with E-state index in [1.165, 1.54) is 17.8 Å². The lowest BCUT2D eigenvalue weighted by molar-refractivity contribution is -0.175. The predicted octanol–water partition coefficient (Wildman–Crippen LogP) is 1.84. The van der Waals surface area contributed by atoms with Gasteiger partial charge < -0.3 is 25.1 Å². The van der Waals surface area contributed by atoms with E-state index >= 15 is 0 Å². The van der Waals surface area contributed by atoms with Gasteiger partial charge in [-0.05, 0) is 27.7 Å². The minimum Gasteiger partial charge on any atom is -0.476 e. The second-order valence-corrected chi connectivity index (χ2v) is 12.4. The molecule has 0 radical (unpaired) electrons. The van der Waals surface area contributed by atoms with E-state index in [-0.39, 0.29) is 48.2 Å². The van der Waals surface area contributed by atoms with E-state index in [1.54, 1.807) is 27.7 Å². The maximum absolute atomic E-state index is 13.3. The second kappa shape index (κ2) is 11.3. The number of rotatable bonds is 10. The van der Waals surface area contributed by atoms with Gasteiger partial charge in [0.2, 0.25) is 11.8 Å². The van der Waals surface area contributed by atoms with Crippen LogP contribution in [0.3, 0.4) is 0 Å². The fourth-order valence-electron chi connectivity index (χ4n) is 4.20. The van der Waals surface area contributed by atoms with Crippen molar-refractivity contribution in [1.82, 2.24) is 19.5 Å². The van der Waals surface area contributed by atoms with E-state index < -0.39 is 43.2 Å². The maximum atomic E-state index is 13.3. The summed E-state index contributed by atoms with van der Waals surface area (Å²) in [6.07, 6.45) is -1.47. The summed E-state index contributed by atoms with van der Waals surface area (Å²) < 4.78 is 48.9. The molecule has 4 rings (SSSR count). The van der Waals surface area contributed by atoms with Crippen molar-refractivity contribution in [3.05, 3.63) is 6.33 Å². The highest BCUT2D eigenvalue weighted by molar-refractivity contribution is 8.13. The van der Waals surface area contributed by atoms with Crippen LogP contribution in [-0.2, 0) is 37.2 Å². The van der Waals surface area contributed by atoms with Crippen molar-refractivity contribution in [2.45, 2.75) is 58.7 Å². The lowest BCUT2D eigenvalue weighted by Crippen LogP contribution is -2.50. The highest BCUT2D eigenvalue weighted by Crippen LogP contribution is 2.59. The number of aromatic nitrogens is 4. The molecule has 2 aliphatic rings. The summed E-state index contributed by atoms with van der Waals surface area (Å²) in [5.41, 5.74) is 4.03. The number of nitrogen functional groups attached to an aromatic ring is 1. The number of ether oxygens (including phenoxy) is 3. The van der Waals surface area contributed by atoms with Crippen LogP contribution in [0, 0.1) is 5.41 Å². The zero-order valence-electron chi connectivity index (χ0n) is 22.2. The van der Waals surface area contributed by atoms with Gasteiger partial charge in [-0.2, -0.15) is 9.97 Å². The molecule has 0 saturated carbocycles. The van der Waals surface area contributed by atoms with Crippen molar-refractivity contribution in [3.63, 3.8) is 0 Å². The number of aliphatic hydroxyl groups excluding tert-OH is 1. The van der Waals surface area contributed by atoms with Crippen molar-refractivity contribution in [1.29, 1.82) is 0 Å². The average Bonchev–Trinajstić information content (AvgIpc) is 3.39. The Morgan fingerprint density at radius 2 is 2.13 bits per heavy atom. The molecule has 5 atom stereocenters. The molecular weight excluding hydrogens is 557 g/mol. The molecule has 2 aliphatic heterocycles. The van der Waals surface area contributed by atoms with Crippen LogP contribution >= 0.6 is 19.6 Å². The highest BCUT2D eigenvalue weighted by atomic mass is 32.2. The number of nitrogens with two attached hydrogens (primary N) is 1. The van der Waals surface area contributed by atoms with E-state index in [0.717, 1.165) is 11.8 Å². The molecule has 4 heterocycles. The van der Waals surface area contributed by atoms with Crippen molar-refractivity contribution in [2.75, 3.05) is 37.9 Å². The molecule has 0 amide bonds. The normalized spacial score (nSPS) is 28.8. The van der Waals surface area contributed by atoms with E-state index in [9.17, 15) is 19.3 Å². The van der Waals surface area contributed by atoms with Crippen LogP contribution in [0.5, 0.6) is 5.88 Å². The SMILES string of the molecule is CCOc1nc(N)nc2c1ncn2[C@@H]1O[C@@H]2CO[P@@](=O)(OCCSC(=O)C(C)(C)CO)O[C@H]2[C@@]1(C)OC(C)=O. The Morgan fingerprint density at radius 3 is 2.79 bits per heavy atom. The number of phosphoric ester groups is 1. The first-order valence-electron chi connectivity index (χ1n) is 12.2. The molecule has 2 aromatic rings. The number of hydrogen-bond acceptors (Lipinski definition) is 15.